The molecule has 2 N–H and O–H groups in total. The molecule has 9 nitrogen and oxygen atoms in total. The molecule has 0 aliphatic carbocycles. The van der Waals surface area contributed by atoms with Gasteiger partial charge in [0.05, 0.1) is 40.3 Å². The van der Waals surface area contributed by atoms with Crippen LogP contribution in [0.5, 0.6) is 0 Å². The zero-order valence-electron chi connectivity index (χ0n) is 26.4. The lowest BCUT2D eigenvalue weighted by Crippen LogP contribution is -2.24. The summed E-state index contributed by atoms with van der Waals surface area (Å²) in [5.74, 6) is -0.958. The first kappa shape index (κ1) is 31.2. The second-order valence-corrected chi connectivity index (χ2v) is 13.1. The number of aromatic nitrogens is 4. The van der Waals surface area contributed by atoms with E-state index in [9.17, 15) is 14.0 Å². The second kappa shape index (κ2) is 12.9. The van der Waals surface area contributed by atoms with Gasteiger partial charge < -0.3 is 15.3 Å². The normalized spacial score (nSPS) is 15.4. The lowest BCUT2D eigenvalue weighted by atomic mass is 10.0. The summed E-state index contributed by atoms with van der Waals surface area (Å²) < 4.78 is 17.5. The molecule has 5 aromatic rings. The Labute approximate surface area is 267 Å². The van der Waals surface area contributed by atoms with Gasteiger partial charge in [-0.25, -0.2) is 9.18 Å². The Morgan fingerprint density at radius 2 is 1.74 bits per heavy atom. The zero-order valence-corrected chi connectivity index (χ0v) is 26.4. The Hall–Kier alpha value is -4.83. The number of halogens is 1. The molecule has 0 saturated carbocycles. The van der Waals surface area contributed by atoms with Gasteiger partial charge in [0.2, 0.25) is 0 Å². The molecule has 2 aromatic heterocycles. The van der Waals surface area contributed by atoms with E-state index in [1.165, 1.54) is 12.1 Å². The van der Waals surface area contributed by atoms with Crippen molar-refractivity contribution in [1.29, 1.82) is 0 Å². The van der Waals surface area contributed by atoms with Crippen molar-refractivity contribution >= 4 is 28.5 Å². The van der Waals surface area contributed by atoms with Crippen molar-refractivity contribution < 1.29 is 19.1 Å². The first-order chi connectivity index (χ1) is 22.0. The molecule has 1 aliphatic rings. The largest absolute Gasteiger partial charge is 0.478 e. The van der Waals surface area contributed by atoms with Crippen LogP contribution in [-0.2, 0) is 18.5 Å². The van der Waals surface area contributed by atoms with E-state index in [1.807, 2.05) is 62.0 Å². The minimum atomic E-state index is -0.902. The fourth-order valence-electron chi connectivity index (χ4n) is 6.19. The molecule has 238 valence electrons. The van der Waals surface area contributed by atoms with E-state index in [2.05, 4.69) is 20.4 Å². The van der Waals surface area contributed by atoms with Crippen LogP contribution in [0.1, 0.15) is 59.9 Å². The average Bonchev–Trinajstić information content (AvgIpc) is 3.78. The van der Waals surface area contributed by atoms with Crippen LogP contribution < -0.4 is 5.32 Å². The highest BCUT2D eigenvalue weighted by atomic mass is 19.1. The molecular formula is C36H39FN6O3. The van der Waals surface area contributed by atoms with Gasteiger partial charge in [-0.3, -0.25) is 14.2 Å². The Morgan fingerprint density at radius 1 is 0.978 bits per heavy atom. The molecule has 1 fully saturated rings. The van der Waals surface area contributed by atoms with Crippen LogP contribution in [-0.4, -0.2) is 61.1 Å². The number of carboxylic acids is 1. The molecule has 3 heterocycles. The monoisotopic (exact) mass is 622 g/mol. The van der Waals surface area contributed by atoms with Gasteiger partial charge in [-0.1, -0.05) is 12.1 Å². The van der Waals surface area contributed by atoms with Gasteiger partial charge in [0.1, 0.15) is 5.82 Å². The highest BCUT2D eigenvalue weighted by molar-refractivity contribution is 6.08. The van der Waals surface area contributed by atoms with E-state index in [0.29, 0.717) is 34.0 Å². The number of hydrogen-bond donors (Lipinski definition) is 2. The van der Waals surface area contributed by atoms with E-state index < -0.39 is 5.97 Å². The molecule has 1 saturated heterocycles. The smallest absolute Gasteiger partial charge is 0.335 e. The second-order valence-electron chi connectivity index (χ2n) is 13.1. The lowest BCUT2D eigenvalue weighted by molar-refractivity contribution is 0.0696. The number of nitrogens with zero attached hydrogens (tertiary/aromatic N) is 5. The number of hydrogen-bond acceptors (Lipinski definition) is 5. The standard InChI is InChI=1S/C36H39FN6O3/c1-36(2,3)43-33(26-8-11-29(37)12-9-26)31(22-39-43)34(44)40-30-13-10-28-21-38-42(32(28)20-30)19-16-25-15-18-41(23-25)17-14-24-4-6-27(7-5-24)35(45)46/h4-13,20-22,25H,14-19,23H2,1-3H3,(H,40,44)(H,45,46). The number of carbonyl (C=O) groups excluding carboxylic acids is 1. The summed E-state index contributed by atoms with van der Waals surface area (Å²) in [6.45, 7) is 9.86. The number of aromatic carboxylic acids is 1. The predicted octanol–water partition coefficient (Wildman–Crippen LogP) is 6.70. The summed E-state index contributed by atoms with van der Waals surface area (Å²) >= 11 is 0. The third-order valence-electron chi connectivity index (χ3n) is 8.71. The summed E-state index contributed by atoms with van der Waals surface area (Å²) in [5, 5.41) is 22.3. The fraction of sp³-hybridized carbons (Fsp3) is 0.333. The van der Waals surface area contributed by atoms with Crippen LogP contribution in [0.25, 0.3) is 22.2 Å². The number of carbonyl (C=O) groups is 2. The van der Waals surface area contributed by atoms with E-state index >= 15 is 0 Å². The summed E-state index contributed by atoms with van der Waals surface area (Å²) in [6, 6.07) is 19.1. The average molecular weight is 623 g/mol. The molecule has 1 amide bonds. The minimum Gasteiger partial charge on any atom is -0.478 e. The number of aryl methyl sites for hydroxylation is 1. The Kier molecular flexibility index (Phi) is 8.73. The number of benzene rings is 3. The molecular weight excluding hydrogens is 583 g/mol. The summed E-state index contributed by atoms with van der Waals surface area (Å²) in [7, 11) is 0. The van der Waals surface area contributed by atoms with Crippen LogP contribution in [0.3, 0.4) is 0 Å². The van der Waals surface area contributed by atoms with Crippen molar-refractivity contribution in [3.05, 3.63) is 102 Å². The minimum absolute atomic E-state index is 0.288. The van der Waals surface area contributed by atoms with E-state index in [-0.39, 0.29) is 17.3 Å². The van der Waals surface area contributed by atoms with E-state index in [1.54, 1.807) is 35.1 Å². The maximum atomic E-state index is 13.7. The fourth-order valence-corrected chi connectivity index (χ4v) is 6.19. The van der Waals surface area contributed by atoms with E-state index in [0.717, 1.165) is 61.9 Å². The molecule has 1 atom stereocenters. The molecule has 3 aromatic carbocycles. The Morgan fingerprint density at radius 3 is 2.46 bits per heavy atom. The number of likely N-dealkylation sites (tertiary alicyclic amines) is 1. The molecule has 0 bridgehead atoms. The topological polar surface area (TPSA) is 105 Å². The number of carboxylic acid groups (broad SMARTS) is 1. The van der Waals surface area contributed by atoms with Crippen LogP contribution >= 0.6 is 0 Å². The molecule has 0 spiro atoms. The van der Waals surface area contributed by atoms with Gasteiger partial charge in [-0.15, -0.1) is 0 Å². The third kappa shape index (κ3) is 6.87. The number of nitrogens with one attached hydrogen (secondary N) is 1. The number of rotatable bonds is 10. The maximum Gasteiger partial charge on any atom is 0.335 e. The van der Waals surface area contributed by atoms with Gasteiger partial charge in [-0.05, 0) is 113 Å². The number of amides is 1. The van der Waals surface area contributed by atoms with Crippen molar-refractivity contribution in [3.63, 3.8) is 0 Å². The first-order valence-corrected chi connectivity index (χ1v) is 15.7. The quantitative estimate of drug-likeness (QED) is 0.180. The van der Waals surface area contributed by atoms with Gasteiger partial charge in [-0.2, -0.15) is 10.2 Å². The van der Waals surface area contributed by atoms with Crippen LogP contribution in [0, 0.1) is 11.7 Å². The van der Waals surface area contributed by atoms with Crippen LogP contribution in [0.4, 0.5) is 10.1 Å². The number of anilines is 1. The Balaban J connectivity index is 1.09. The lowest BCUT2D eigenvalue weighted by Gasteiger charge is -2.23. The summed E-state index contributed by atoms with van der Waals surface area (Å²) in [5.41, 5.74) is 4.46. The summed E-state index contributed by atoms with van der Waals surface area (Å²) in [4.78, 5) is 27.2. The molecule has 0 radical (unpaired) electrons. The van der Waals surface area contributed by atoms with Crippen molar-refractivity contribution in [2.45, 2.75) is 52.1 Å². The van der Waals surface area contributed by atoms with Gasteiger partial charge in [0.15, 0.2) is 0 Å². The first-order valence-electron chi connectivity index (χ1n) is 15.7. The van der Waals surface area contributed by atoms with Crippen LogP contribution in [0.2, 0.25) is 0 Å². The number of fused-ring (bicyclic) bond motifs is 1. The van der Waals surface area contributed by atoms with Gasteiger partial charge >= 0.3 is 5.97 Å². The molecule has 1 aliphatic heterocycles. The maximum absolute atomic E-state index is 13.7. The van der Waals surface area contributed by atoms with E-state index in [4.69, 9.17) is 5.11 Å². The summed E-state index contributed by atoms with van der Waals surface area (Å²) in [6.07, 6.45) is 6.47. The molecule has 10 heteroatoms. The van der Waals surface area contributed by atoms with Crippen molar-refractivity contribution in [2.75, 3.05) is 25.0 Å². The van der Waals surface area contributed by atoms with Crippen molar-refractivity contribution in [1.82, 2.24) is 24.5 Å². The van der Waals surface area contributed by atoms with Crippen molar-refractivity contribution in [3.8, 4) is 11.3 Å². The van der Waals surface area contributed by atoms with Crippen LogP contribution in [0.15, 0.2) is 79.1 Å². The SMILES string of the molecule is CC(C)(C)n1ncc(C(=O)Nc2ccc3cnn(CCC4CCN(CCc5ccc(C(=O)O)cc5)C4)c3c2)c1-c1ccc(F)cc1. The predicted molar refractivity (Wildman–Crippen MR) is 177 cm³/mol. The van der Waals surface area contributed by atoms with Crippen molar-refractivity contribution in [2.24, 2.45) is 5.92 Å². The molecule has 6 rings (SSSR count). The van der Waals surface area contributed by atoms with Gasteiger partial charge in [0.25, 0.3) is 5.91 Å². The molecule has 46 heavy (non-hydrogen) atoms. The Bertz CT molecular complexity index is 1850. The molecule has 1 unspecified atom stereocenters. The zero-order chi connectivity index (χ0) is 32.4. The third-order valence-corrected chi connectivity index (χ3v) is 8.71. The van der Waals surface area contributed by atoms with Gasteiger partial charge in [0, 0.05) is 36.3 Å². The highest BCUT2D eigenvalue weighted by Crippen LogP contribution is 2.30. The highest BCUT2D eigenvalue weighted by Gasteiger charge is 2.26.